The summed E-state index contributed by atoms with van der Waals surface area (Å²) < 4.78 is 0. The van der Waals surface area contributed by atoms with Gasteiger partial charge in [-0.2, -0.15) is 0 Å². The first-order valence-electron chi connectivity index (χ1n) is 4.43. The van der Waals surface area contributed by atoms with Gasteiger partial charge in [-0.15, -0.1) is 0 Å². The number of rotatable bonds is 4. The molecule has 2 atom stereocenters. The molecule has 1 heterocycles. The molecule has 0 amide bonds. The molecule has 78 valence electrons. The predicted octanol–water partition coefficient (Wildman–Crippen LogP) is -0.0744. The Balaban J connectivity index is 2.40. The molecule has 0 saturated carbocycles. The number of carbonyl (C=O) groups is 1. The molecule has 5 nitrogen and oxygen atoms in total. The number of aliphatic imine (C=N–C) groups is 1. The van der Waals surface area contributed by atoms with Crippen LogP contribution in [0.15, 0.2) is 17.3 Å². The fourth-order valence-corrected chi connectivity index (χ4v) is 1.10. The van der Waals surface area contributed by atoms with Crippen molar-refractivity contribution >= 4 is 12.2 Å². The first-order chi connectivity index (χ1) is 6.61. The third kappa shape index (κ3) is 2.85. The van der Waals surface area contributed by atoms with Crippen molar-refractivity contribution in [3.63, 3.8) is 0 Å². The lowest BCUT2D eigenvalue weighted by Gasteiger charge is -2.24. The van der Waals surface area contributed by atoms with Crippen molar-refractivity contribution in [1.82, 2.24) is 4.90 Å². The minimum atomic E-state index is -0.984. The van der Waals surface area contributed by atoms with E-state index in [-0.39, 0.29) is 0 Å². The number of carboxylic acids is 1. The normalized spacial score (nSPS) is 19.4. The summed E-state index contributed by atoms with van der Waals surface area (Å²) in [5, 5.41) is 18.2. The van der Waals surface area contributed by atoms with Crippen LogP contribution in [0.25, 0.3) is 0 Å². The highest BCUT2D eigenvalue weighted by molar-refractivity contribution is 5.71. The van der Waals surface area contributed by atoms with Gasteiger partial charge >= 0.3 is 5.97 Å². The Morgan fingerprint density at radius 3 is 2.93 bits per heavy atom. The Labute approximate surface area is 82.4 Å². The van der Waals surface area contributed by atoms with Gasteiger partial charge in [0.15, 0.2) is 0 Å². The number of aliphatic hydroxyl groups excluding tert-OH is 1. The van der Waals surface area contributed by atoms with Crippen LogP contribution in [-0.4, -0.2) is 46.6 Å². The van der Waals surface area contributed by atoms with E-state index in [1.54, 1.807) is 23.4 Å². The zero-order chi connectivity index (χ0) is 10.6. The van der Waals surface area contributed by atoms with Crippen LogP contribution in [0.1, 0.15) is 6.92 Å². The maximum atomic E-state index is 10.6. The summed E-state index contributed by atoms with van der Waals surface area (Å²) >= 11 is 0. The average Bonchev–Trinajstić information content (AvgIpc) is 2.18. The van der Waals surface area contributed by atoms with Gasteiger partial charge in [0.25, 0.3) is 0 Å². The van der Waals surface area contributed by atoms with Crippen LogP contribution in [0.4, 0.5) is 0 Å². The van der Waals surface area contributed by atoms with Crippen molar-refractivity contribution in [3.05, 3.63) is 12.3 Å². The Morgan fingerprint density at radius 2 is 2.43 bits per heavy atom. The Bertz CT molecular complexity index is 263. The van der Waals surface area contributed by atoms with Crippen molar-refractivity contribution in [2.75, 3.05) is 13.2 Å². The molecule has 2 N–H and O–H groups in total. The molecule has 1 aliphatic rings. The Kier molecular flexibility index (Phi) is 3.64. The number of aliphatic hydroxyl groups is 1. The lowest BCUT2D eigenvalue weighted by molar-refractivity contribution is -0.145. The zero-order valence-electron chi connectivity index (χ0n) is 8.00. The standard InChI is InChI=1S/C9H14N2O3/c1-7(9(13)14)8(12)5-11-4-2-3-10-6-11/h2-4,7-8,12H,5-6H2,1H3,(H,13,14). The van der Waals surface area contributed by atoms with Crippen LogP contribution in [0, 0.1) is 5.92 Å². The molecule has 0 bridgehead atoms. The second-order valence-corrected chi connectivity index (χ2v) is 3.28. The smallest absolute Gasteiger partial charge is 0.308 e. The van der Waals surface area contributed by atoms with E-state index in [2.05, 4.69) is 4.99 Å². The van der Waals surface area contributed by atoms with Gasteiger partial charge in [0, 0.05) is 19.0 Å². The van der Waals surface area contributed by atoms with E-state index in [9.17, 15) is 9.90 Å². The SMILES string of the molecule is CC(C(=O)O)C(O)CN1C=CC=NC1. The fraction of sp³-hybridized carbons (Fsp3) is 0.556. The monoisotopic (exact) mass is 198 g/mol. The van der Waals surface area contributed by atoms with Crippen molar-refractivity contribution in [2.24, 2.45) is 10.9 Å². The minimum Gasteiger partial charge on any atom is -0.481 e. The average molecular weight is 198 g/mol. The van der Waals surface area contributed by atoms with Crippen molar-refractivity contribution in [2.45, 2.75) is 13.0 Å². The Morgan fingerprint density at radius 1 is 1.71 bits per heavy atom. The summed E-state index contributed by atoms with van der Waals surface area (Å²) in [5.41, 5.74) is 0. The molecule has 1 rings (SSSR count). The van der Waals surface area contributed by atoms with Crippen molar-refractivity contribution < 1.29 is 15.0 Å². The van der Waals surface area contributed by atoms with Crippen LogP contribution >= 0.6 is 0 Å². The van der Waals surface area contributed by atoms with Gasteiger partial charge in [-0.05, 0) is 13.0 Å². The third-order valence-corrected chi connectivity index (χ3v) is 2.14. The molecule has 0 aromatic carbocycles. The summed E-state index contributed by atoms with van der Waals surface area (Å²) in [6.45, 7) is 2.26. The molecule has 14 heavy (non-hydrogen) atoms. The summed E-state index contributed by atoms with van der Waals surface area (Å²) in [6, 6.07) is 0. The largest absolute Gasteiger partial charge is 0.481 e. The molecule has 0 aromatic heterocycles. The second-order valence-electron chi connectivity index (χ2n) is 3.28. The van der Waals surface area contributed by atoms with E-state index in [1.165, 1.54) is 6.92 Å². The van der Waals surface area contributed by atoms with E-state index in [1.807, 2.05) is 0 Å². The van der Waals surface area contributed by atoms with Crippen LogP contribution in [0.3, 0.4) is 0 Å². The number of aliphatic carboxylic acids is 1. The first kappa shape index (κ1) is 10.7. The van der Waals surface area contributed by atoms with Crippen molar-refractivity contribution in [1.29, 1.82) is 0 Å². The van der Waals surface area contributed by atoms with E-state index in [4.69, 9.17) is 5.11 Å². The van der Waals surface area contributed by atoms with Crippen LogP contribution < -0.4 is 0 Å². The third-order valence-electron chi connectivity index (χ3n) is 2.14. The van der Waals surface area contributed by atoms with E-state index in [0.717, 1.165) is 0 Å². The molecule has 0 aliphatic carbocycles. The first-order valence-corrected chi connectivity index (χ1v) is 4.43. The van der Waals surface area contributed by atoms with Crippen molar-refractivity contribution in [3.8, 4) is 0 Å². The molecule has 0 fully saturated rings. The lowest BCUT2D eigenvalue weighted by Crippen LogP contribution is -2.36. The molecule has 1 aliphatic heterocycles. The van der Waals surface area contributed by atoms with Gasteiger partial charge < -0.3 is 15.1 Å². The molecular formula is C9H14N2O3. The topological polar surface area (TPSA) is 73.1 Å². The van der Waals surface area contributed by atoms with Crippen LogP contribution in [-0.2, 0) is 4.79 Å². The van der Waals surface area contributed by atoms with Gasteiger partial charge in [0.1, 0.15) is 6.67 Å². The lowest BCUT2D eigenvalue weighted by atomic mass is 10.1. The van der Waals surface area contributed by atoms with E-state index in [0.29, 0.717) is 13.2 Å². The summed E-state index contributed by atoms with van der Waals surface area (Å²) in [5.74, 6) is -1.74. The maximum Gasteiger partial charge on any atom is 0.308 e. The molecule has 0 spiro atoms. The summed E-state index contributed by atoms with van der Waals surface area (Å²) in [4.78, 5) is 16.3. The highest BCUT2D eigenvalue weighted by Crippen LogP contribution is 2.06. The second kappa shape index (κ2) is 4.76. The van der Waals surface area contributed by atoms with Gasteiger partial charge in [0.2, 0.25) is 0 Å². The number of carboxylic acid groups (broad SMARTS) is 1. The zero-order valence-corrected chi connectivity index (χ0v) is 8.00. The number of hydrogen-bond donors (Lipinski definition) is 2. The molecule has 0 saturated heterocycles. The quantitative estimate of drug-likeness (QED) is 0.663. The Hall–Kier alpha value is -1.36. The number of β-amino-alcohol motifs (C(OH)–C–C–N with tert-alkyl or cyclic N) is 1. The van der Waals surface area contributed by atoms with E-state index >= 15 is 0 Å². The van der Waals surface area contributed by atoms with E-state index < -0.39 is 18.0 Å². The predicted molar refractivity (Wildman–Crippen MR) is 52.0 cm³/mol. The van der Waals surface area contributed by atoms with Gasteiger partial charge in [-0.3, -0.25) is 9.79 Å². The number of nitrogens with zero attached hydrogens (tertiary/aromatic N) is 2. The highest BCUT2D eigenvalue weighted by Gasteiger charge is 2.22. The minimum absolute atomic E-state index is 0.293. The number of allylic oxidation sites excluding steroid dienone is 1. The molecule has 0 radical (unpaired) electrons. The number of hydrogen-bond acceptors (Lipinski definition) is 4. The summed E-state index contributed by atoms with van der Waals surface area (Å²) in [7, 11) is 0. The summed E-state index contributed by atoms with van der Waals surface area (Å²) in [6.07, 6.45) is 4.33. The molecule has 5 heteroatoms. The van der Waals surface area contributed by atoms with Crippen LogP contribution in [0.5, 0.6) is 0 Å². The van der Waals surface area contributed by atoms with Gasteiger partial charge in [-0.1, -0.05) is 0 Å². The van der Waals surface area contributed by atoms with Gasteiger partial charge in [0.05, 0.1) is 12.0 Å². The highest BCUT2D eigenvalue weighted by atomic mass is 16.4. The van der Waals surface area contributed by atoms with Gasteiger partial charge in [-0.25, -0.2) is 0 Å². The molecular weight excluding hydrogens is 184 g/mol. The maximum absolute atomic E-state index is 10.6. The molecule has 0 aromatic rings. The molecule has 2 unspecified atom stereocenters. The van der Waals surface area contributed by atoms with Crippen LogP contribution in [0.2, 0.25) is 0 Å². The fourth-order valence-electron chi connectivity index (χ4n) is 1.10.